The molecular formula is C22H28N4O2S. The van der Waals surface area contributed by atoms with Gasteiger partial charge in [-0.05, 0) is 38.1 Å². The van der Waals surface area contributed by atoms with E-state index >= 15 is 0 Å². The molecule has 0 unspecified atom stereocenters. The molecule has 0 radical (unpaired) electrons. The van der Waals surface area contributed by atoms with Crippen molar-refractivity contribution in [3.63, 3.8) is 0 Å². The molecule has 6 nitrogen and oxygen atoms in total. The van der Waals surface area contributed by atoms with Crippen molar-refractivity contribution in [1.82, 2.24) is 19.4 Å². The minimum absolute atomic E-state index is 0.0367. The van der Waals surface area contributed by atoms with E-state index < -0.39 is 9.84 Å². The summed E-state index contributed by atoms with van der Waals surface area (Å²) in [5.74, 6) is 0.0367. The van der Waals surface area contributed by atoms with Gasteiger partial charge in [0.15, 0.2) is 0 Å². The van der Waals surface area contributed by atoms with E-state index in [1.165, 1.54) is 5.56 Å². The topological polar surface area (TPSA) is 68.1 Å². The lowest BCUT2D eigenvalue weighted by molar-refractivity contribution is 0.241. The lowest BCUT2D eigenvalue weighted by atomic mass is 10.1. The number of aromatic nitrogens is 3. The predicted octanol–water partition coefficient (Wildman–Crippen LogP) is 3.51. The van der Waals surface area contributed by atoms with Crippen molar-refractivity contribution in [2.75, 3.05) is 12.8 Å². The van der Waals surface area contributed by atoms with Crippen LogP contribution in [0.4, 0.5) is 0 Å². The Hall–Kier alpha value is -2.51. The molecule has 0 amide bonds. The average Bonchev–Trinajstić information content (AvgIpc) is 3.16. The molecule has 0 aliphatic carbocycles. The van der Waals surface area contributed by atoms with Crippen LogP contribution in [0, 0.1) is 0 Å². The minimum atomic E-state index is -3.40. The number of nitrogens with zero attached hydrogens (tertiary/aromatic N) is 4. The Balaban J connectivity index is 1.85. The van der Waals surface area contributed by atoms with Crippen molar-refractivity contribution in [2.24, 2.45) is 0 Å². The van der Waals surface area contributed by atoms with E-state index in [4.69, 9.17) is 0 Å². The van der Waals surface area contributed by atoms with Crippen LogP contribution in [0.3, 0.4) is 0 Å². The fourth-order valence-electron chi connectivity index (χ4n) is 3.26. The fourth-order valence-corrected chi connectivity index (χ4v) is 4.28. The van der Waals surface area contributed by atoms with E-state index in [1.54, 1.807) is 19.3 Å². The smallest absolute Gasteiger partial charge is 0.227 e. The fraction of sp³-hybridized carbons (Fsp3) is 0.364. The first-order valence-corrected chi connectivity index (χ1v) is 11.5. The molecule has 154 valence electrons. The first-order valence-electron chi connectivity index (χ1n) is 9.84. The van der Waals surface area contributed by atoms with Gasteiger partial charge in [0.25, 0.3) is 0 Å². The largest absolute Gasteiger partial charge is 0.317 e. The molecule has 1 atom stereocenters. The van der Waals surface area contributed by atoms with Crippen molar-refractivity contribution in [3.05, 3.63) is 77.9 Å². The van der Waals surface area contributed by atoms with Gasteiger partial charge >= 0.3 is 0 Å². The van der Waals surface area contributed by atoms with Gasteiger partial charge in [0.1, 0.15) is 0 Å². The van der Waals surface area contributed by atoms with Gasteiger partial charge in [0.05, 0.1) is 23.3 Å². The molecular weight excluding hydrogens is 384 g/mol. The summed E-state index contributed by atoms with van der Waals surface area (Å²) in [5.41, 5.74) is 3.03. The summed E-state index contributed by atoms with van der Waals surface area (Å²) >= 11 is 0. The Morgan fingerprint density at radius 3 is 2.45 bits per heavy atom. The molecule has 29 heavy (non-hydrogen) atoms. The van der Waals surface area contributed by atoms with Gasteiger partial charge in [0, 0.05) is 25.3 Å². The van der Waals surface area contributed by atoms with Crippen molar-refractivity contribution in [3.8, 4) is 0 Å². The summed E-state index contributed by atoms with van der Waals surface area (Å²) in [6.45, 7) is 4.90. The first kappa shape index (κ1) is 21.2. The van der Waals surface area contributed by atoms with Crippen LogP contribution < -0.4 is 0 Å². The van der Waals surface area contributed by atoms with E-state index in [1.807, 2.05) is 48.0 Å². The highest BCUT2D eigenvalue weighted by Crippen LogP contribution is 2.21. The molecule has 3 aromatic rings. The molecule has 0 bridgehead atoms. The zero-order valence-corrected chi connectivity index (χ0v) is 18.0. The maximum atomic E-state index is 12.6. The number of pyridine rings is 1. The third-order valence-electron chi connectivity index (χ3n) is 5.22. The molecule has 0 fully saturated rings. The molecule has 0 aliphatic heterocycles. The zero-order chi connectivity index (χ0) is 20.9. The quantitative estimate of drug-likeness (QED) is 0.538. The van der Waals surface area contributed by atoms with Crippen molar-refractivity contribution in [1.29, 1.82) is 0 Å². The molecule has 1 aromatic carbocycles. The molecule has 0 spiro atoms. The summed E-state index contributed by atoms with van der Waals surface area (Å²) in [6.07, 6.45) is 4.22. The summed E-state index contributed by atoms with van der Waals surface area (Å²) in [7, 11) is -1.38. The highest BCUT2D eigenvalue weighted by Gasteiger charge is 2.23. The molecule has 0 saturated carbocycles. The molecule has 7 heteroatoms. The molecule has 0 aliphatic rings. The minimum Gasteiger partial charge on any atom is -0.317 e. The number of rotatable bonds is 9. The number of sulfone groups is 1. The Morgan fingerprint density at radius 2 is 1.79 bits per heavy atom. The SMILES string of the molecule is CCS(=O)(=O)c1ncc(CN(C)[C@@H](C)c2ccccn2)n1CCc1ccccc1. The van der Waals surface area contributed by atoms with Gasteiger partial charge < -0.3 is 4.57 Å². The third kappa shape index (κ3) is 5.10. The number of aryl methyl sites for hydroxylation is 1. The third-order valence-corrected chi connectivity index (χ3v) is 6.86. The van der Waals surface area contributed by atoms with Gasteiger partial charge in [-0.1, -0.05) is 43.3 Å². The van der Waals surface area contributed by atoms with Gasteiger partial charge in [-0.25, -0.2) is 13.4 Å². The van der Waals surface area contributed by atoms with E-state index in [-0.39, 0.29) is 17.0 Å². The van der Waals surface area contributed by atoms with Crippen LogP contribution in [0.2, 0.25) is 0 Å². The van der Waals surface area contributed by atoms with E-state index in [0.717, 1.165) is 17.8 Å². The molecule has 2 aromatic heterocycles. The first-order chi connectivity index (χ1) is 13.9. The number of benzene rings is 1. The van der Waals surface area contributed by atoms with E-state index in [2.05, 4.69) is 33.9 Å². The van der Waals surface area contributed by atoms with Crippen LogP contribution in [0.5, 0.6) is 0 Å². The molecule has 0 saturated heterocycles. The summed E-state index contributed by atoms with van der Waals surface area (Å²) in [6, 6.07) is 16.1. The highest BCUT2D eigenvalue weighted by molar-refractivity contribution is 7.91. The van der Waals surface area contributed by atoms with Crippen LogP contribution in [0.25, 0.3) is 0 Å². The van der Waals surface area contributed by atoms with Gasteiger partial charge in [-0.15, -0.1) is 0 Å². The van der Waals surface area contributed by atoms with Crippen molar-refractivity contribution >= 4 is 9.84 Å². The second kappa shape index (κ2) is 9.33. The lowest BCUT2D eigenvalue weighted by Crippen LogP contribution is -2.25. The van der Waals surface area contributed by atoms with Crippen molar-refractivity contribution < 1.29 is 8.42 Å². The van der Waals surface area contributed by atoms with Gasteiger partial charge in [0.2, 0.25) is 15.0 Å². The summed E-state index contributed by atoms with van der Waals surface area (Å²) in [4.78, 5) is 10.9. The molecule has 0 N–H and O–H groups in total. The van der Waals surface area contributed by atoms with E-state index in [9.17, 15) is 8.42 Å². The molecule has 2 heterocycles. The van der Waals surface area contributed by atoms with Gasteiger partial charge in [-0.2, -0.15) is 0 Å². The Kier molecular flexibility index (Phi) is 6.82. The second-order valence-corrected chi connectivity index (χ2v) is 9.34. The second-order valence-electron chi connectivity index (χ2n) is 7.17. The van der Waals surface area contributed by atoms with Crippen molar-refractivity contribution in [2.45, 2.75) is 44.6 Å². The van der Waals surface area contributed by atoms with Gasteiger partial charge in [-0.3, -0.25) is 9.88 Å². The van der Waals surface area contributed by atoms with Crippen LogP contribution in [-0.2, 0) is 29.3 Å². The van der Waals surface area contributed by atoms with Crippen LogP contribution in [-0.4, -0.2) is 40.7 Å². The summed E-state index contributed by atoms with van der Waals surface area (Å²) in [5, 5.41) is 0.157. The maximum Gasteiger partial charge on any atom is 0.227 e. The Bertz CT molecular complexity index is 1020. The van der Waals surface area contributed by atoms with Crippen LogP contribution in [0.1, 0.15) is 36.8 Å². The summed E-state index contributed by atoms with van der Waals surface area (Å²) < 4.78 is 27.0. The average molecular weight is 413 g/mol. The van der Waals surface area contributed by atoms with Crippen LogP contribution >= 0.6 is 0 Å². The highest BCUT2D eigenvalue weighted by atomic mass is 32.2. The predicted molar refractivity (Wildman–Crippen MR) is 114 cm³/mol. The normalized spacial score (nSPS) is 13.0. The monoisotopic (exact) mass is 412 g/mol. The number of hydrogen-bond acceptors (Lipinski definition) is 5. The zero-order valence-electron chi connectivity index (χ0n) is 17.2. The maximum absolute atomic E-state index is 12.6. The Labute approximate surface area is 173 Å². The Morgan fingerprint density at radius 1 is 1.07 bits per heavy atom. The van der Waals surface area contributed by atoms with Crippen LogP contribution in [0.15, 0.2) is 66.1 Å². The number of hydrogen-bond donors (Lipinski definition) is 0. The number of imidazole rings is 1. The lowest BCUT2D eigenvalue weighted by Gasteiger charge is -2.25. The van der Waals surface area contributed by atoms with E-state index in [0.29, 0.717) is 13.1 Å². The molecule has 3 rings (SSSR count). The standard InChI is InChI=1S/C22H28N4O2S/c1-4-29(27,28)22-24-16-20(26(22)15-13-19-10-6-5-7-11-19)17-25(3)18(2)21-12-8-9-14-23-21/h5-12,14,16,18H,4,13,15,17H2,1-3H3/t18-/m0/s1.